The van der Waals surface area contributed by atoms with Crippen molar-refractivity contribution in [2.75, 3.05) is 7.05 Å². The smallest absolute Gasteiger partial charge is 0.146 e. The van der Waals surface area contributed by atoms with Gasteiger partial charge in [0.15, 0.2) is 0 Å². The molecule has 1 unspecified atom stereocenters. The fourth-order valence-electron chi connectivity index (χ4n) is 1.96. The Bertz CT molecular complexity index is 344. The van der Waals surface area contributed by atoms with Gasteiger partial charge in [0.05, 0.1) is 6.20 Å². The molecule has 1 aromatic rings. The van der Waals surface area contributed by atoms with Crippen LogP contribution in [0.25, 0.3) is 0 Å². The summed E-state index contributed by atoms with van der Waals surface area (Å²) in [7, 11) is 1.88. The van der Waals surface area contributed by atoms with E-state index >= 15 is 0 Å². The van der Waals surface area contributed by atoms with E-state index in [0.29, 0.717) is 5.41 Å². The first-order chi connectivity index (χ1) is 7.94. The van der Waals surface area contributed by atoms with Crippen LogP contribution in [0, 0.1) is 11.2 Å². The van der Waals surface area contributed by atoms with E-state index < -0.39 is 0 Å². The molecule has 0 aromatic carbocycles. The van der Waals surface area contributed by atoms with Crippen LogP contribution in [-0.4, -0.2) is 12.0 Å². The third-order valence-electron chi connectivity index (χ3n) is 2.95. The Kier molecular flexibility index (Phi) is 5.06. The zero-order chi connectivity index (χ0) is 12.9. The zero-order valence-electron chi connectivity index (χ0n) is 11.3. The summed E-state index contributed by atoms with van der Waals surface area (Å²) in [5, 5.41) is 3.18. The van der Waals surface area contributed by atoms with E-state index in [4.69, 9.17) is 0 Å². The monoisotopic (exact) mass is 238 g/mol. The zero-order valence-corrected chi connectivity index (χ0v) is 11.3. The molecule has 17 heavy (non-hydrogen) atoms. The van der Waals surface area contributed by atoms with Gasteiger partial charge in [-0.1, -0.05) is 27.2 Å². The lowest BCUT2D eigenvalue weighted by atomic mass is 9.88. The first-order valence-corrected chi connectivity index (χ1v) is 6.21. The van der Waals surface area contributed by atoms with Crippen molar-refractivity contribution in [2.45, 2.75) is 46.1 Å². The molecule has 1 rings (SSSR count). The van der Waals surface area contributed by atoms with Gasteiger partial charge in [0.25, 0.3) is 0 Å². The minimum absolute atomic E-state index is 0.0837. The first-order valence-electron chi connectivity index (χ1n) is 6.21. The molecule has 0 aliphatic rings. The summed E-state index contributed by atoms with van der Waals surface area (Å²) in [6.45, 7) is 6.69. The van der Waals surface area contributed by atoms with Gasteiger partial charge in [-0.05, 0) is 31.4 Å². The molecular weight excluding hydrogens is 215 g/mol. The molecule has 1 aromatic heterocycles. The van der Waals surface area contributed by atoms with Crippen LogP contribution in [0.5, 0.6) is 0 Å². The summed E-state index contributed by atoms with van der Waals surface area (Å²) in [5.74, 6) is -0.220. The molecule has 2 nitrogen and oxygen atoms in total. The van der Waals surface area contributed by atoms with Gasteiger partial charge in [0, 0.05) is 17.8 Å². The third-order valence-corrected chi connectivity index (χ3v) is 2.95. The van der Waals surface area contributed by atoms with Gasteiger partial charge < -0.3 is 5.32 Å². The molecular formula is C14H23FN2. The molecule has 0 fully saturated rings. The van der Waals surface area contributed by atoms with Crippen molar-refractivity contribution in [2.24, 2.45) is 5.41 Å². The second kappa shape index (κ2) is 6.10. The van der Waals surface area contributed by atoms with Gasteiger partial charge in [-0.2, -0.15) is 0 Å². The van der Waals surface area contributed by atoms with Crippen LogP contribution in [0.2, 0.25) is 0 Å². The summed E-state index contributed by atoms with van der Waals surface area (Å²) in [6, 6.07) is 1.84. The number of aromatic nitrogens is 1. The van der Waals surface area contributed by atoms with Crippen LogP contribution < -0.4 is 5.32 Å². The van der Waals surface area contributed by atoms with Crippen molar-refractivity contribution in [3.8, 4) is 0 Å². The van der Waals surface area contributed by atoms with Crippen molar-refractivity contribution < 1.29 is 4.39 Å². The minimum atomic E-state index is -0.220. The maximum Gasteiger partial charge on any atom is 0.146 e. The molecule has 0 spiro atoms. The Balaban J connectivity index is 2.58. The number of nitrogens with one attached hydrogen (secondary N) is 1. The van der Waals surface area contributed by atoms with E-state index in [1.54, 1.807) is 12.3 Å². The van der Waals surface area contributed by atoms with Crippen molar-refractivity contribution >= 4 is 0 Å². The fraction of sp³-hybridized carbons (Fsp3) is 0.643. The SMILES string of the molecule is CNC(CCCC(C)(C)C)c1ccncc1F. The number of pyridine rings is 1. The van der Waals surface area contributed by atoms with Gasteiger partial charge >= 0.3 is 0 Å². The number of hydrogen-bond donors (Lipinski definition) is 1. The number of nitrogens with zero attached hydrogens (tertiary/aromatic N) is 1. The minimum Gasteiger partial charge on any atom is -0.313 e. The molecule has 0 aliphatic heterocycles. The summed E-state index contributed by atoms with van der Waals surface area (Å²) in [5.41, 5.74) is 1.06. The molecule has 0 aliphatic carbocycles. The van der Waals surface area contributed by atoms with E-state index in [0.717, 1.165) is 24.8 Å². The van der Waals surface area contributed by atoms with Crippen molar-refractivity contribution in [3.63, 3.8) is 0 Å². The predicted molar refractivity (Wildman–Crippen MR) is 69.3 cm³/mol. The highest BCUT2D eigenvalue weighted by Crippen LogP contribution is 2.26. The van der Waals surface area contributed by atoms with Gasteiger partial charge in [-0.25, -0.2) is 4.39 Å². The van der Waals surface area contributed by atoms with Crippen LogP contribution in [0.3, 0.4) is 0 Å². The largest absolute Gasteiger partial charge is 0.313 e. The second-order valence-corrected chi connectivity index (χ2v) is 5.69. The van der Waals surface area contributed by atoms with E-state index in [-0.39, 0.29) is 11.9 Å². The maximum atomic E-state index is 13.6. The van der Waals surface area contributed by atoms with Crippen LogP contribution in [0.1, 0.15) is 51.6 Å². The Labute approximate surface area is 104 Å². The molecule has 1 N–H and O–H groups in total. The number of hydrogen-bond acceptors (Lipinski definition) is 2. The quantitative estimate of drug-likeness (QED) is 0.846. The molecule has 0 bridgehead atoms. The van der Waals surface area contributed by atoms with Crippen LogP contribution in [0.4, 0.5) is 4.39 Å². The molecule has 96 valence electrons. The van der Waals surface area contributed by atoms with Crippen LogP contribution in [0.15, 0.2) is 18.5 Å². The molecule has 1 atom stereocenters. The molecule has 0 saturated carbocycles. The summed E-state index contributed by atoms with van der Waals surface area (Å²) < 4.78 is 13.6. The Morgan fingerprint density at radius 1 is 1.41 bits per heavy atom. The summed E-state index contributed by atoms with van der Waals surface area (Å²) in [4.78, 5) is 3.78. The molecule has 3 heteroatoms. The van der Waals surface area contributed by atoms with Crippen molar-refractivity contribution in [1.29, 1.82) is 0 Å². The van der Waals surface area contributed by atoms with E-state index in [2.05, 4.69) is 31.1 Å². The highest BCUT2D eigenvalue weighted by atomic mass is 19.1. The Morgan fingerprint density at radius 2 is 2.12 bits per heavy atom. The Morgan fingerprint density at radius 3 is 2.65 bits per heavy atom. The maximum absolute atomic E-state index is 13.6. The molecule has 0 radical (unpaired) electrons. The van der Waals surface area contributed by atoms with Crippen LogP contribution in [-0.2, 0) is 0 Å². The second-order valence-electron chi connectivity index (χ2n) is 5.69. The van der Waals surface area contributed by atoms with E-state index in [1.807, 2.05) is 7.05 Å². The highest BCUT2D eigenvalue weighted by Gasteiger charge is 2.15. The normalized spacial score (nSPS) is 13.7. The number of halogens is 1. The third kappa shape index (κ3) is 4.82. The standard InChI is InChI=1S/C14H23FN2/c1-14(2,3)8-5-6-13(16-4)11-7-9-17-10-12(11)15/h7,9-10,13,16H,5-6,8H2,1-4H3. The fourth-order valence-corrected chi connectivity index (χ4v) is 1.96. The first kappa shape index (κ1) is 14.1. The lowest BCUT2D eigenvalue weighted by Crippen LogP contribution is -2.18. The summed E-state index contributed by atoms with van der Waals surface area (Å²) >= 11 is 0. The number of rotatable bonds is 5. The highest BCUT2D eigenvalue weighted by molar-refractivity contribution is 5.17. The van der Waals surface area contributed by atoms with E-state index in [1.165, 1.54) is 6.20 Å². The average Bonchev–Trinajstić information content (AvgIpc) is 2.24. The van der Waals surface area contributed by atoms with Gasteiger partial charge in [0.2, 0.25) is 0 Å². The van der Waals surface area contributed by atoms with Gasteiger partial charge in [0.1, 0.15) is 5.82 Å². The topological polar surface area (TPSA) is 24.9 Å². The Hall–Kier alpha value is -0.960. The molecule has 1 heterocycles. The van der Waals surface area contributed by atoms with Crippen molar-refractivity contribution in [1.82, 2.24) is 10.3 Å². The average molecular weight is 238 g/mol. The molecule has 0 amide bonds. The van der Waals surface area contributed by atoms with Crippen molar-refractivity contribution in [3.05, 3.63) is 29.8 Å². The summed E-state index contributed by atoms with van der Waals surface area (Å²) in [6.07, 6.45) is 6.12. The van der Waals surface area contributed by atoms with Gasteiger partial charge in [-0.15, -0.1) is 0 Å². The lowest BCUT2D eigenvalue weighted by molar-refractivity contribution is 0.345. The molecule has 0 saturated heterocycles. The van der Waals surface area contributed by atoms with Gasteiger partial charge in [-0.3, -0.25) is 4.98 Å². The van der Waals surface area contributed by atoms with E-state index in [9.17, 15) is 4.39 Å². The predicted octanol–water partition coefficient (Wildman–Crippen LogP) is 3.70. The lowest BCUT2D eigenvalue weighted by Gasteiger charge is -2.21. The van der Waals surface area contributed by atoms with Crippen LogP contribution >= 0.6 is 0 Å².